The van der Waals surface area contributed by atoms with Crippen molar-refractivity contribution in [3.63, 3.8) is 0 Å². The van der Waals surface area contributed by atoms with E-state index in [0.29, 0.717) is 19.5 Å². The Bertz CT molecular complexity index is 1050. The van der Waals surface area contributed by atoms with Gasteiger partial charge in [-0.15, -0.1) is 0 Å². The number of rotatable bonds is 4. The van der Waals surface area contributed by atoms with Crippen LogP contribution in [-0.2, 0) is 25.4 Å². The van der Waals surface area contributed by atoms with Gasteiger partial charge in [-0.1, -0.05) is 12.1 Å². The van der Waals surface area contributed by atoms with Crippen LogP contribution in [0.1, 0.15) is 17.5 Å². The molecule has 9 heteroatoms. The first-order valence-corrected chi connectivity index (χ1v) is 8.33. The SMILES string of the molecule is Cn1c(NC2CCN(Cc3ccc(F)cc3)C2=O)c(C#N)c(=O)n(C)c1=O. The zero-order valence-corrected chi connectivity index (χ0v) is 14.9. The molecule has 1 fully saturated rings. The van der Waals surface area contributed by atoms with Crippen LogP contribution in [0.5, 0.6) is 0 Å². The molecule has 140 valence electrons. The summed E-state index contributed by atoms with van der Waals surface area (Å²) in [5.41, 5.74) is -0.722. The lowest BCUT2D eigenvalue weighted by Crippen LogP contribution is -2.42. The normalized spacial score (nSPS) is 16.4. The van der Waals surface area contributed by atoms with Gasteiger partial charge in [0.25, 0.3) is 5.56 Å². The lowest BCUT2D eigenvalue weighted by atomic mass is 10.2. The number of nitrogens with zero attached hydrogens (tertiary/aromatic N) is 4. The fraction of sp³-hybridized carbons (Fsp3) is 0.333. The Morgan fingerprint density at radius 2 is 1.85 bits per heavy atom. The summed E-state index contributed by atoms with van der Waals surface area (Å²) in [5, 5.41) is 12.2. The summed E-state index contributed by atoms with van der Waals surface area (Å²) in [7, 11) is 2.72. The third-order valence-corrected chi connectivity index (χ3v) is 4.67. The number of nitrogens with one attached hydrogen (secondary N) is 1. The zero-order valence-electron chi connectivity index (χ0n) is 14.9. The number of halogens is 1. The average molecular weight is 371 g/mol. The van der Waals surface area contributed by atoms with E-state index in [9.17, 15) is 24.0 Å². The number of aromatic nitrogens is 2. The number of anilines is 1. The summed E-state index contributed by atoms with van der Waals surface area (Å²) in [6.07, 6.45) is 0.453. The molecule has 2 heterocycles. The van der Waals surface area contributed by atoms with E-state index in [-0.39, 0.29) is 23.1 Å². The first-order chi connectivity index (χ1) is 12.8. The minimum Gasteiger partial charge on any atom is -0.358 e. The van der Waals surface area contributed by atoms with Gasteiger partial charge in [-0.05, 0) is 24.1 Å². The molecule has 0 spiro atoms. The molecule has 27 heavy (non-hydrogen) atoms. The van der Waals surface area contributed by atoms with Gasteiger partial charge in [0.2, 0.25) is 5.91 Å². The van der Waals surface area contributed by atoms with Crippen molar-refractivity contribution in [3.05, 3.63) is 62.0 Å². The minimum absolute atomic E-state index is 0.0348. The van der Waals surface area contributed by atoms with Crippen LogP contribution in [0.3, 0.4) is 0 Å². The molecule has 1 aliphatic heterocycles. The van der Waals surface area contributed by atoms with Crippen molar-refractivity contribution in [3.8, 4) is 6.07 Å². The quantitative estimate of drug-likeness (QED) is 0.834. The van der Waals surface area contributed by atoms with E-state index in [2.05, 4.69) is 5.32 Å². The van der Waals surface area contributed by atoms with Crippen LogP contribution in [0.25, 0.3) is 0 Å². The number of amides is 1. The number of carbonyl (C=O) groups is 1. The Hall–Kier alpha value is -3.41. The molecule has 1 unspecified atom stereocenters. The molecule has 3 rings (SSSR count). The maximum Gasteiger partial charge on any atom is 0.332 e. The summed E-state index contributed by atoms with van der Waals surface area (Å²) < 4.78 is 15.0. The molecule has 0 aliphatic carbocycles. The average Bonchev–Trinajstić information content (AvgIpc) is 3.00. The van der Waals surface area contributed by atoms with Crippen LogP contribution in [-0.4, -0.2) is 32.5 Å². The Balaban J connectivity index is 1.83. The van der Waals surface area contributed by atoms with Crippen LogP contribution in [0.15, 0.2) is 33.9 Å². The fourth-order valence-corrected chi connectivity index (χ4v) is 3.12. The third kappa shape index (κ3) is 3.33. The lowest BCUT2D eigenvalue weighted by molar-refractivity contribution is -0.128. The molecule has 0 radical (unpaired) electrons. The molecular weight excluding hydrogens is 353 g/mol. The third-order valence-electron chi connectivity index (χ3n) is 4.67. The second kappa shape index (κ2) is 7.07. The van der Waals surface area contributed by atoms with E-state index in [0.717, 1.165) is 14.7 Å². The minimum atomic E-state index is -0.711. The maximum atomic E-state index is 13.0. The van der Waals surface area contributed by atoms with E-state index in [4.69, 9.17) is 0 Å². The van der Waals surface area contributed by atoms with Crippen LogP contribution in [0.4, 0.5) is 10.2 Å². The number of hydrogen-bond acceptors (Lipinski definition) is 5. The Morgan fingerprint density at radius 1 is 1.19 bits per heavy atom. The Kier molecular flexibility index (Phi) is 4.81. The van der Waals surface area contributed by atoms with Crippen LogP contribution < -0.4 is 16.6 Å². The van der Waals surface area contributed by atoms with Crippen molar-refractivity contribution < 1.29 is 9.18 Å². The van der Waals surface area contributed by atoms with Crippen molar-refractivity contribution in [1.29, 1.82) is 5.26 Å². The summed E-state index contributed by atoms with van der Waals surface area (Å²) >= 11 is 0. The first-order valence-electron chi connectivity index (χ1n) is 8.33. The molecule has 1 saturated heterocycles. The Morgan fingerprint density at radius 3 is 2.48 bits per heavy atom. The van der Waals surface area contributed by atoms with Crippen molar-refractivity contribution in [2.75, 3.05) is 11.9 Å². The second-order valence-electron chi connectivity index (χ2n) is 6.41. The highest BCUT2D eigenvalue weighted by molar-refractivity contribution is 5.86. The molecule has 1 amide bonds. The predicted molar refractivity (Wildman–Crippen MR) is 95.5 cm³/mol. The van der Waals surface area contributed by atoms with Gasteiger partial charge in [-0.2, -0.15) is 5.26 Å². The van der Waals surface area contributed by atoms with Gasteiger partial charge >= 0.3 is 5.69 Å². The van der Waals surface area contributed by atoms with E-state index in [1.165, 1.54) is 26.2 Å². The van der Waals surface area contributed by atoms with Crippen LogP contribution >= 0.6 is 0 Å². The summed E-state index contributed by atoms with van der Waals surface area (Å²) in [6.45, 7) is 0.798. The highest BCUT2D eigenvalue weighted by Crippen LogP contribution is 2.20. The number of carbonyl (C=O) groups excluding carboxylic acids is 1. The summed E-state index contributed by atoms with van der Waals surface area (Å²) in [6, 6.07) is 7.04. The van der Waals surface area contributed by atoms with Crippen molar-refractivity contribution in [2.24, 2.45) is 14.1 Å². The first kappa shape index (κ1) is 18.4. The molecule has 1 atom stereocenters. The van der Waals surface area contributed by atoms with E-state index >= 15 is 0 Å². The number of nitriles is 1. The second-order valence-corrected chi connectivity index (χ2v) is 6.41. The predicted octanol–water partition coefficient (Wildman–Crippen LogP) is 0.308. The molecule has 8 nitrogen and oxygen atoms in total. The van der Waals surface area contributed by atoms with Gasteiger partial charge in [0.05, 0.1) is 0 Å². The molecule has 1 aromatic carbocycles. The zero-order chi connectivity index (χ0) is 19.7. The summed E-state index contributed by atoms with van der Waals surface area (Å²) in [5.74, 6) is -0.523. The Labute approximate surface area is 154 Å². The highest BCUT2D eigenvalue weighted by atomic mass is 19.1. The molecular formula is C18H18FN5O3. The molecule has 2 aromatic rings. The monoisotopic (exact) mass is 371 g/mol. The van der Waals surface area contributed by atoms with Gasteiger partial charge in [0.15, 0.2) is 5.56 Å². The number of benzene rings is 1. The number of hydrogen-bond donors (Lipinski definition) is 1. The van der Waals surface area contributed by atoms with Gasteiger partial charge < -0.3 is 10.2 Å². The fourth-order valence-electron chi connectivity index (χ4n) is 3.12. The molecule has 1 aliphatic rings. The lowest BCUT2D eigenvalue weighted by Gasteiger charge is -2.19. The van der Waals surface area contributed by atoms with E-state index in [1.54, 1.807) is 23.1 Å². The largest absolute Gasteiger partial charge is 0.358 e. The molecule has 1 aromatic heterocycles. The summed E-state index contributed by atoms with van der Waals surface area (Å²) in [4.78, 5) is 38.5. The van der Waals surface area contributed by atoms with Gasteiger partial charge in [0.1, 0.15) is 23.7 Å². The number of likely N-dealkylation sites (tertiary alicyclic amines) is 1. The highest BCUT2D eigenvalue weighted by Gasteiger charge is 2.33. The van der Waals surface area contributed by atoms with Crippen LogP contribution in [0, 0.1) is 17.1 Å². The van der Waals surface area contributed by atoms with Crippen molar-refractivity contribution in [2.45, 2.75) is 19.0 Å². The van der Waals surface area contributed by atoms with Gasteiger partial charge in [-0.25, -0.2) is 9.18 Å². The van der Waals surface area contributed by atoms with Gasteiger partial charge in [0, 0.05) is 27.2 Å². The van der Waals surface area contributed by atoms with Crippen molar-refractivity contribution in [1.82, 2.24) is 14.0 Å². The molecule has 0 saturated carbocycles. The smallest absolute Gasteiger partial charge is 0.332 e. The van der Waals surface area contributed by atoms with Crippen LogP contribution in [0.2, 0.25) is 0 Å². The van der Waals surface area contributed by atoms with E-state index in [1.807, 2.05) is 0 Å². The maximum absolute atomic E-state index is 13.0. The standard InChI is InChI=1S/C18H18FN5O3/c1-22-15(13(9-20)16(25)23(2)18(22)27)21-14-7-8-24(17(14)26)10-11-3-5-12(19)6-4-11/h3-6,14,21H,7-8,10H2,1-2H3. The van der Waals surface area contributed by atoms with Gasteiger partial charge in [-0.3, -0.25) is 18.7 Å². The topological polar surface area (TPSA) is 100 Å². The van der Waals surface area contributed by atoms with Crippen molar-refractivity contribution >= 4 is 11.7 Å². The molecule has 0 bridgehead atoms. The molecule has 1 N–H and O–H groups in total. The van der Waals surface area contributed by atoms with E-state index < -0.39 is 17.3 Å².